The summed E-state index contributed by atoms with van der Waals surface area (Å²) in [5.41, 5.74) is 11.9. The molecule has 1 aliphatic carbocycles. The lowest BCUT2D eigenvalue weighted by Gasteiger charge is -2.45. The zero-order valence-electron chi connectivity index (χ0n) is 12.4. The van der Waals surface area contributed by atoms with Crippen molar-refractivity contribution in [1.82, 2.24) is 0 Å². The smallest absolute Gasteiger partial charge is 0.0426 e. The fraction of sp³-hybridized carbons (Fsp3) is 0.647. The number of anilines is 1. The molecule has 2 unspecified atom stereocenters. The van der Waals surface area contributed by atoms with Gasteiger partial charge < -0.3 is 10.6 Å². The van der Waals surface area contributed by atoms with E-state index in [9.17, 15) is 0 Å². The zero-order chi connectivity index (χ0) is 13.6. The highest BCUT2D eigenvalue weighted by Crippen LogP contribution is 2.38. The molecule has 0 amide bonds. The van der Waals surface area contributed by atoms with Crippen molar-refractivity contribution in [2.24, 2.45) is 17.6 Å². The minimum absolute atomic E-state index is 0.450. The first-order valence-electron chi connectivity index (χ1n) is 7.61. The van der Waals surface area contributed by atoms with E-state index in [0.29, 0.717) is 6.04 Å². The van der Waals surface area contributed by atoms with Crippen LogP contribution in [-0.4, -0.2) is 19.1 Å². The summed E-state index contributed by atoms with van der Waals surface area (Å²) in [4.78, 5) is 2.63. The topological polar surface area (TPSA) is 29.3 Å². The molecule has 2 heteroatoms. The molecule has 19 heavy (non-hydrogen) atoms. The Kier molecular flexibility index (Phi) is 3.30. The Morgan fingerprint density at radius 3 is 2.00 bits per heavy atom. The lowest BCUT2D eigenvalue weighted by atomic mass is 9.75. The molecule has 2 aliphatic rings. The van der Waals surface area contributed by atoms with Gasteiger partial charge in [0.2, 0.25) is 0 Å². The van der Waals surface area contributed by atoms with Gasteiger partial charge in [0.05, 0.1) is 0 Å². The van der Waals surface area contributed by atoms with Crippen LogP contribution in [0, 0.1) is 32.6 Å². The number of benzene rings is 1. The summed E-state index contributed by atoms with van der Waals surface area (Å²) < 4.78 is 0. The molecule has 1 saturated carbocycles. The Morgan fingerprint density at radius 2 is 1.47 bits per heavy atom. The van der Waals surface area contributed by atoms with Gasteiger partial charge in [0.1, 0.15) is 0 Å². The molecule has 0 spiro atoms. The van der Waals surface area contributed by atoms with Crippen LogP contribution in [0.4, 0.5) is 5.69 Å². The average molecular weight is 258 g/mol. The molecule has 2 nitrogen and oxygen atoms in total. The third kappa shape index (κ3) is 2.51. The summed E-state index contributed by atoms with van der Waals surface area (Å²) in [6.07, 6.45) is 3.84. The molecular formula is C17H26N2. The molecule has 0 aromatic heterocycles. The second-order valence-electron chi connectivity index (χ2n) is 6.85. The summed E-state index contributed by atoms with van der Waals surface area (Å²) in [7, 11) is 0. The third-order valence-electron chi connectivity index (χ3n) is 4.85. The number of rotatable bonds is 1. The molecular weight excluding hydrogens is 232 g/mol. The molecule has 2 atom stereocenters. The monoisotopic (exact) mass is 258 g/mol. The molecule has 104 valence electrons. The minimum Gasteiger partial charge on any atom is -0.371 e. The number of nitrogens with zero attached hydrogens (tertiary/aromatic N) is 1. The standard InChI is InChI=1S/C17H26N2/c1-11-4-12(2)17(13(3)5-11)19-9-14-6-15(10-19)8-16(18)7-14/h4-5,14-16H,6-10,18H2,1-3H3. The molecule has 3 rings (SSSR count). The Hall–Kier alpha value is -1.02. The summed E-state index contributed by atoms with van der Waals surface area (Å²) in [6.45, 7) is 9.11. The van der Waals surface area contributed by atoms with E-state index in [-0.39, 0.29) is 0 Å². The number of aryl methyl sites for hydroxylation is 3. The Morgan fingerprint density at radius 1 is 0.947 bits per heavy atom. The Labute approximate surface area is 117 Å². The van der Waals surface area contributed by atoms with E-state index in [1.165, 1.54) is 54.7 Å². The number of fused-ring (bicyclic) bond motifs is 2. The fourth-order valence-electron chi connectivity index (χ4n) is 4.47. The van der Waals surface area contributed by atoms with Gasteiger partial charge in [0.15, 0.2) is 0 Å². The third-order valence-corrected chi connectivity index (χ3v) is 4.85. The lowest BCUT2D eigenvalue weighted by molar-refractivity contribution is 0.208. The predicted molar refractivity (Wildman–Crippen MR) is 81.7 cm³/mol. The van der Waals surface area contributed by atoms with Crippen molar-refractivity contribution in [2.45, 2.75) is 46.1 Å². The van der Waals surface area contributed by atoms with Crippen molar-refractivity contribution < 1.29 is 0 Å². The van der Waals surface area contributed by atoms with Crippen molar-refractivity contribution in [3.05, 3.63) is 28.8 Å². The molecule has 2 bridgehead atoms. The van der Waals surface area contributed by atoms with Gasteiger partial charge >= 0.3 is 0 Å². The van der Waals surface area contributed by atoms with E-state index in [0.717, 1.165) is 11.8 Å². The van der Waals surface area contributed by atoms with E-state index in [1.807, 2.05) is 0 Å². The zero-order valence-corrected chi connectivity index (χ0v) is 12.4. The van der Waals surface area contributed by atoms with E-state index in [4.69, 9.17) is 5.73 Å². The van der Waals surface area contributed by atoms with Gasteiger partial charge in [0, 0.05) is 24.8 Å². The summed E-state index contributed by atoms with van der Waals surface area (Å²) in [5.74, 6) is 1.62. The van der Waals surface area contributed by atoms with Crippen molar-refractivity contribution in [2.75, 3.05) is 18.0 Å². The predicted octanol–water partition coefficient (Wildman–Crippen LogP) is 3.18. The molecule has 1 aromatic rings. The highest BCUT2D eigenvalue weighted by molar-refractivity contribution is 5.60. The van der Waals surface area contributed by atoms with Crippen molar-refractivity contribution in [3.8, 4) is 0 Å². The van der Waals surface area contributed by atoms with E-state index in [1.54, 1.807) is 0 Å². The van der Waals surface area contributed by atoms with Crippen LogP contribution in [0.3, 0.4) is 0 Å². The summed E-state index contributed by atoms with van der Waals surface area (Å²) >= 11 is 0. The van der Waals surface area contributed by atoms with Gasteiger partial charge in [-0.05, 0) is 63.0 Å². The van der Waals surface area contributed by atoms with Gasteiger partial charge in [-0.25, -0.2) is 0 Å². The van der Waals surface area contributed by atoms with Gasteiger partial charge in [-0.1, -0.05) is 17.7 Å². The van der Waals surface area contributed by atoms with Crippen LogP contribution in [0.2, 0.25) is 0 Å². The Bertz CT molecular complexity index is 439. The van der Waals surface area contributed by atoms with Crippen LogP contribution in [0.5, 0.6) is 0 Å². The van der Waals surface area contributed by atoms with Gasteiger partial charge in [-0.2, -0.15) is 0 Å². The van der Waals surface area contributed by atoms with Crippen molar-refractivity contribution in [1.29, 1.82) is 0 Å². The van der Waals surface area contributed by atoms with Crippen LogP contribution in [0.25, 0.3) is 0 Å². The molecule has 1 aliphatic heterocycles. The number of hydrogen-bond donors (Lipinski definition) is 1. The number of piperidine rings is 1. The van der Waals surface area contributed by atoms with E-state index in [2.05, 4.69) is 37.8 Å². The maximum absolute atomic E-state index is 6.17. The lowest BCUT2D eigenvalue weighted by Crippen LogP contribution is -2.48. The van der Waals surface area contributed by atoms with Crippen molar-refractivity contribution in [3.63, 3.8) is 0 Å². The molecule has 1 saturated heterocycles. The second kappa shape index (κ2) is 4.82. The maximum Gasteiger partial charge on any atom is 0.0426 e. The quantitative estimate of drug-likeness (QED) is 0.838. The Balaban J connectivity index is 1.88. The normalized spacial score (nSPS) is 30.5. The molecule has 1 aromatic carbocycles. The van der Waals surface area contributed by atoms with E-state index >= 15 is 0 Å². The number of nitrogens with two attached hydrogens (primary N) is 1. The first-order chi connectivity index (χ1) is 9.02. The molecule has 0 radical (unpaired) electrons. The fourth-order valence-corrected chi connectivity index (χ4v) is 4.47. The first kappa shape index (κ1) is 13.0. The van der Waals surface area contributed by atoms with Gasteiger partial charge in [0.25, 0.3) is 0 Å². The van der Waals surface area contributed by atoms with E-state index < -0.39 is 0 Å². The average Bonchev–Trinajstić information content (AvgIpc) is 2.25. The number of hydrogen-bond acceptors (Lipinski definition) is 2. The van der Waals surface area contributed by atoms with Crippen molar-refractivity contribution >= 4 is 5.69 Å². The minimum atomic E-state index is 0.450. The van der Waals surface area contributed by atoms with Gasteiger partial charge in [-0.15, -0.1) is 0 Å². The first-order valence-corrected chi connectivity index (χ1v) is 7.61. The highest BCUT2D eigenvalue weighted by atomic mass is 15.1. The van der Waals surface area contributed by atoms with Crippen LogP contribution in [0.15, 0.2) is 12.1 Å². The van der Waals surface area contributed by atoms with Crippen LogP contribution in [0.1, 0.15) is 36.0 Å². The maximum atomic E-state index is 6.17. The second-order valence-corrected chi connectivity index (χ2v) is 6.85. The van der Waals surface area contributed by atoms with Crippen LogP contribution < -0.4 is 10.6 Å². The summed E-state index contributed by atoms with van der Waals surface area (Å²) in [6, 6.07) is 5.09. The van der Waals surface area contributed by atoms with Crippen LogP contribution in [-0.2, 0) is 0 Å². The largest absolute Gasteiger partial charge is 0.371 e. The molecule has 1 heterocycles. The highest BCUT2D eigenvalue weighted by Gasteiger charge is 2.34. The van der Waals surface area contributed by atoms with Gasteiger partial charge in [-0.3, -0.25) is 0 Å². The summed E-state index contributed by atoms with van der Waals surface area (Å²) in [5, 5.41) is 0. The van der Waals surface area contributed by atoms with Crippen LogP contribution >= 0.6 is 0 Å². The SMILES string of the molecule is Cc1cc(C)c(N2CC3CC(N)CC(C3)C2)c(C)c1. The molecule has 2 N–H and O–H groups in total. The molecule has 2 fully saturated rings.